The first-order chi connectivity index (χ1) is 6.61. The quantitative estimate of drug-likeness (QED) is 0.629. The lowest BCUT2D eigenvalue weighted by Gasteiger charge is -2.17. The average Bonchev–Trinajstić information content (AvgIpc) is 2.40. The minimum atomic E-state index is -0.286. The Morgan fingerprint density at radius 2 is 2.21 bits per heavy atom. The van der Waals surface area contributed by atoms with E-state index in [9.17, 15) is 4.79 Å². The fourth-order valence-electron chi connectivity index (χ4n) is 1.25. The van der Waals surface area contributed by atoms with Gasteiger partial charge in [-0.25, -0.2) is 4.79 Å². The van der Waals surface area contributed by atoms with Gasteiger partial charge < -0.3 is 4.74 Å². The maximum atomic E-state index is 11.2. The molecular weight excluding hydrogens is 176 g/mol. The van der Waals surface area contributed by atoms with Crippen molar-refractivity contribution in [2.24, 2.45) is 5.41 Å². The highest BCUT2D eigenvalue weighted by molar-refractivity contribution is 5.92. The summed E-state index contributed by atoms with van der Waals surface area (Å²) < 4.78 is 4.65. The zero-order valence-corrected chi connectivity index (χ0v) is 8.91. The zero-order chi connectivity index (χ0) is 10.6. The minimum Gasteiger partial charge on any atom is -0.465 e. The molecule has 0 heterocycles. The summed E-state index contributed by atoms with van der Waals surface area (Å²) in [5.41, 5.74) is 0.646. The third-order valence-corrected chi connectivity index (χ3v) is 2.58. The van der Waals surface area contributed by atoms with Crippen LogP contribution in [0.25, 0.3) is 0 Å². The smallest absolute Gasteiger partial charge is 0.337 e. The van der Waals surface area contributed by atoms with Crippen LogP contribution in [0.4, 0.5) is 0 Å². The molecule has 0 fully saturated rings. The predicted molar refractivity (Wildman–Crippen MR) is 56.8 cm³/mol. The molecule has 2 nitrogen and oxygen atoms in total. The zero-order valence-electron chi connectivity index (χ0n) is 8.91. The van der Waals surface area contributed by atoms with Crippen molar-refractivity contribution >= 4 is 5.97 Å². The number of methoxy groups -OCH3 is 1. The fourth-order valence-corrected chi connectivity index (χ4v) is 1.25. The van der Waals surface area contributed by atoms with Crippen molar-refractivity contribution in [3.63, 3.8) is 0 Å². The number of allylic oxidation sites excluding steroid dienone is 4. The summed E-state index contributed by atoms with van der Waals surface area (Å²) in [6.07, 6.45) is 10.7. The Morgan fingerprint density at radius 3 is 2.79 bits per heavy atom. The van der Waals surface area contributed by atoms with Gasteiger partial charge >= 0.3 is 5.97 Å². The number of hydrogen-bond acceptors (Lipinski definition) is 2. The topological polar surface area (TPSA) is 26.3 Å². The number of hydrogen-bond donors (Lipinski definition) is 0. The minimum absolute atomic E-state index is 0.0479. The average molecular weight is 192 g/mol. The van der Waals surface area contributed by atoms with Crippen LogP contribution in [-0.4, -0.2) is 13.1 Å². The summed E-state index contributed by atoms with van der Waals surface area (Å²) in [7, 11) is 1.39. The van der Waals surface area contributed by atoms with Crippen molar-refractivity contribution in [2.75, 3.05) is 7.11 Å². The van der Waals surface area contributed by atoms with Crippen LogP contribution in [0.15, 0.2) is 36.0 Å². The lowest BCUT2D eigenvalue weighted by atomic mass is 9.87. The maximum Gasteiger partial charge on any atom is 0.337 e. The molecule has 0 aromatic heterocycles. The van der Waals surface area contributed by atoms with Gasteiger partial charge in [0.25, 0.3) is 0 Å². The molecule has 1 atom stereocenters. The lowest BCUT2D eigenvalue weighted by molar-refractivity contribution is -0.135. The monoisotopic (exact) mass is 192 g/mol. The molecular formula is C12H16O2. The predicted octanol–water partition coefficient (Wildman–Crippen LogP) is 2.63. The molecule has 0 radical (unpaired) electrons. The second kappa shape index (κ2) is 4.27. The Labute approximate surface area is 85.0 Å². The molecule has 2 heteroatoms. The van der Waals surface area contributed by atoms with Crippen molar-refractivity contribution in [2.45, 2.75) is 20.3 Å². The highest BCUT2D eigenvalue weighted by atomic mass is 16.5. The number of esters is 1. The molecule has 0 bridgehead atoms. The first-order valence-electron chi connectivity index (χ1n) is 4.78. The van der Waals surface area contributed by atoms with E-state index >= 15 is 0 Å². The van der Waals surface area contributed by atoms with Crippen LogP contribution in [0.1, 0.15) is 20.3 Å². The van der Waals surface area contributed by atoms with E-state index < -0.39 is 0 Å². The summed E-state index contributed by atoms with van der Waals surface area (Å²) in [6, 6.07) is 0. The summed E-state index contributed by atoms with van der Waals surface area (Å²) in [4.78, 5) is 11.2. The van der Waals surface area contributed by atoms with Gasteiger partial charge in [0.2, 0.25) is 0 Å². The van der Waals surface area contributed by atoms with Gasteiger partial charge in [-0.1, -0.05) is 38.2 Å². The molecule has 1 rings (SSSR count). The number of rotatable bonds is 2. The summed E-state index contributed by atoms with van der Waals surface area (Å²) in [5, 5.41) is 0. The van der Waals surface area contributed by atoms with E-state index in [1.807, 2.05) is 18.2 Å². The summed E-state index contributed by atoms with van der Waals surface area (Å²) >= 11 is 0. The van der Waals surface area contributed by atoms with E-state index in [-0.39, 0.29) is 11.4 Å². The molecule has 0 aliphatic heterocycles. The van der Waals surface area contributed by atoms with E-state index in [1.165, 1.54) is 7.11 Å². The van der Waals surface area contributed by atoms with Crippen molar-refractivity contribution in [3.05, 3.63) is 36.0 Å². The van der Waals surface area contributed by atoms with Crippen LogP contribution < -0.4 is 0 Å². The van der Waals surface area contributed by atoms with Crippen LogP contribution in [-0.2, 0) is 9.53 Å². The van der Waals surface area contributed by atoms with Crippen LogP contribution in [0, 0.1) is 5.41 Å². The third kappa shape index (κ3) is 2.34. The van der Waals surface area contributed by atoms with Crippen LogP contribution in [0.2, 0.25) is 0 Å². The van der Waals surface area contributed by atoms with Crippen molar-refractivity contribution in [1.29, 1.82) is 0 Å². The third-order valence-electron chi connectivity index (χ3n) is 2.58. The van der Waals surface area contributed by atoms with Crippen molar-refractivity contribution in [1.82, 2.24) is 0 Å². The lowest BCUT2D eigenvalue weighted by Crippen LogP contribution is -2.07. The van der Waals surface area contributed by atoms with Gasteiger partial charge in [-0.3, -0.25) is 0 Å². The van der Waals surface area contributed by atoms with Crippen LogP contribution >= 0.6 is 0 Å². The SMILES string of the molecule is CCC1(C)C=CC=C(C(=O)OC)C=C1. The Hall–Kier alpha value is -1.31. The van der Waals surface area contributed by atoms with E-state index in [4.69, 9.17) is 0 Å². The molecule has 0 N–H and O–H groups in total. The highest BCUT2D eigenvalue weighted by Crippen LogP contribution is 2.27. The standard InChI is InChI=1S/C12H16O2/c1-4-12(2)8-5-6-10(7-9-12)11(13)14-3/h5-9H,4H2,1-3H3. The maximum absolute atomic E-state index is 11.2. The molecule has 0 aromatic carbocycles. The van der Waals surface area contributed by atoms with E-state index in [1.54, 1.807) is 6.08 Å². The molecule has 1 unspecified atom stereocenters. The second-order valence-corrected chi connectivity index (χ2v) is 3.67. The Morgan fingerprint density at radius 1 is 1.50 bits per heavy atom. The Bertz CT molecular complexity index is 310. The molecule has 0 saturated heterocycles. The van der Waals surface area contributed by atoms with Crippen LogP contribution in [0.3, 0.4) is 0 Å². The molecule has 1 aliphatic rings. The van der Waals surface area contributed by atoms with Gasteiger partial charge in [-0.15, -0.1) is 0 Å². The molecule has 0 aromatic rings. The van der Waals surface area contributed by atoms with Gasteiger partial charge in [-0.2, -0.15) is 0 Å². The van der Waals surface area contributed by atoms with E-state index in [0.717, 1.165) is 6.42 Å². The van der Waals surface area contributed by atoms with Gasteiger partial charge in [0, 0.05) is 5.41 Å². The normalized spacial score (nSPS) is 25.5. The van der Waals surface area contributed by atoms with Gasteiger partial charge in [-0.05, 0) is 12.5 Å². The largest absolute Gasteiger partial charge is 0.465 e. The van der Waals surface area contributed by atoms with Gasteiger partial charge in [0.1, 0.15) is 0 Å². The molecule has 0 saturated carbocycles. The number of ether oxygens (including phenoxy) is 1. The number of carbonyl (C=O) groups is 1. The first-order valence-corrected chi connectivity index (χ1v) is 4.78. The molecule has 14 heavy (non-hydrogen) atoms. The summed E-state index contributed by atoms with van der Waals surface area (Å²) in [6.45, 7) is 4.26. The Balaban J connectivity index is 2.89. The molecule has 0 spiro atoms. The Kier molecular flexibility index (Phi) is 3.28. The van der Waals surface area contributed by atoms with Gasteiger partial charge in [0.15, 0.2) is 0 Å². The molecule has 76 valence electrons. The number of carbonyl (C=O) groups excluding carboxylic acids is 1. The first kappa shape index (κ1) is 10.8. The van der Waals surface area contributed by atoms with E-state index in [2.05, 4.69) is 24.7 Å². The van der Waals surface area contributed by atoms with Crippen LogP contribution in [0.5, 0.6) is 0 Å². The molecule has 0 amide bonds. The summed E-state index contributed by atoms with van der Waals surface area (Å²) in [5.74, 6) is -0.286. The van der Waals surface area contributed by atoms with Gasteiger partial charge in [0.05, 0.1) is 12.7 Å². The van der Waals surface area contributed by atoms with Crippen molar-refractivity contribution < 1.29 is 9.53 Å². The fraction of sp³-hybridized carbons (Fsp3) is 0.417. The second-order valence-electron chi connectivity index (χ2n) is 3.67. The van der Waals surface area contributed by atoms with E-state index in [0.29, 0.717) is 5.57 Å². The van der Waals surface area contributed by atoms with Crippen molar-refractivity contribution in [3.8, 4) is 0 Å². The highest BCUT2D eigenvalue weighted by Gasteiger charge is 2.17. The molecule has 1 aliphatic carbocycles.